The van der Waals surface area contributed by atoms with E-state index in [2.05, 4.69) is 11.2 Å². The molecule has 1 atom stereocenters. The summed E-state index contributed by atoms with van der Waals surface area (Å²) in [5.41, 5.74) is 8.45. The fourth-order valence-corrected chi connectivity index (χ4v) is 5.67. The average Bonchev–Trinajstić information content (AvgIpc) is 2.77. The largest absolute Gasteiger partial charge is 0.481 e. The Kier molecular flexibility index (Phi) is 8.21. The van der Waals surface area contributed by atoms with Crippen LogP contribution in [0.15, 0.2) is 42.5 Å². The van der Waals surface area contributed by atoms with Gasteiger partial charge in [0.05, 0.1) is 23.8 Å². The first-order valence-corrected chi connectivity index (χ1v) is 13.2. The second kappa shape index (κ2) is 10.7. The summed E-state index contributed by atoms with van der Waals surface area (Å²) in [6.45, 7) is 13.3. The van der Waals surface area contributed by atoms with Crippen molar-refractivity contribution in [3.8, 4) is 22.3 Å². The molecule has 4 nitrogen and oxygen atoms in total. The molecule has 0 fully saturated rings. The number of carbonyl (C=O) groups is 1. The molecule has 0 radical (unpaired) electrons. The van der Waals surface area contributed by atoms with E-state index in [1.165, 1.54) is 6.07 Å². The van der Waals surface area contributed by atoms with Crippen LogP contribution in [0.5, 0.6) is 0 Å². The van der Waals surface area contributed by atoms with Crippen molar-refractivity contribution < 1.29 is 19.4 Å². The maximum Gasteiger partial charge on any atom is 0.307 e. The maximum absolute atomic E-state index is 15.2. The van der Waals surface area contributed by atoms with Gasteiger partial charge in [-0.1, -0.05) is 53.9 Å². The normalized spacial score (nSPS) is 14.5. The lowest BCUT2D eigenvalue weighted by atomic mass is 9.79. The van der Waals surface area contributed by atoms with Crippen LogP contribution in [0.3, 0.4) is 0 Å². The van der Waals surface area contributed by atoms with Gasteiger partial charge in [0, 0.05) is 17.4 Å². The highest BCUT2D eigenvalue weighted by molar-refractivity contribution is 8.00. The van der Waals surface area contributed by atoms with E-state index in [0.29, 0.717) is 5.56 Å². The van der Waals surface area contributed by atoms with Gasteiger partial charge < -0.3 is 14.5 Å². The molecule has 2 N–H and O–H groups in total. The number of aliphatic hydroxyl groups is 1. The van der Waals surface area contributed by atoms with Crippen LogP contribution in [0.4, 0.5) is 10.1 Å². The summed E-state index contributed by atoms with van der Waals surface area (Å²) in [6.07, 6.45) is 1.92. The summed E-state index contributed by atoms with van der Waals surface area (Å²) >= 11 is 1.58. The van der Waals surface area contributed by atoms with Crippen LogP contribution >= 0.6 is 11.9 Å². The molecular formula is C30H36FNO3S. The zero-order valence-electron chi connectivity index (χ0n) is 22.4. The average molecular weight is 510 g/mol. The Balaban J connectivity index is 0.000000658. The molecule has 1 aliphatic rings. The molecule has 0 aliphatic carbocycles. The highest BCUT2D eigenvalue weighted by atomic mass is 32.2. The summed E-state index contributed by atoms with van der Waals surface area (Å²) in [5.74, 6) is -1.11. The van der Waals surface area contributed by atoms with E-state index in [4.69, 9.17) is 5.11 Å². The van der Waals surface area contributed by atoms with Crippen LogP contribution in [-0.2, 0) is 11.2 Å². The van der Waals surface area contributed by atoms with Gasteiger partial charge in [-0.2, -0.15) is 0 Å². The molecule has 0 amide bonds. The van der Waals surface area contributed by atoms with E-state index < -0.39 is 11.6 Å². The number of aliphatic carboxylic acids is 1. The van der Waals surface area contributed by atoms with Gasteiger partial charge in [-0.05, 0) is 87.9 Å². The first kappa shape index (κ1) is 27.8. The molecule has 0 saturated carbocycles. The number of rotatable bonds is 4. The van der Waals surface area contributed by atoms with Crippen LogP contribution in [0.2, 0.25) is 0 Å². The van der Waals surface area contributed by atoms with Crippen molar-refractivity contribution in [3.05, 3.63) is 76.1 Å². The van der Waals surface area contributed by atoms with E-state index in [1.807, 2.05) is 57.4 Å². The molecule has 0 spiro atoms. The second-order valence-electron chi connectivity index (χ2n) is 10.3. The summed E-state index contributed by atoms with van der Waals surface area (Å²) in [4.78, 5) is 11.8. The zero-order valence-corrected chi connectivity index (χ0v) is 23.2. The van der Waals surface area contributed by atoms with Crippen molar-refractivity contribution in [1.82, 2.24) is 0 Å². The number of aryl methyl sites for hydroxylation is 1. The van der Waals surface area contributed by atoms with Crippen LogP contribution < -0.4 is 4.31 Å². The van der Waals surface area contributed by atoms with Gasteiger partial charge in [0.1, 0.15) is 5.82 Å². The van der Waals surface area contributed by atoms with Gasteiger partial charge in [0.2, 0.25) is 0 Å². The minimum Gasteiger partial charge on any atom is -0.481 e. The molecule has 36 heavy (non-hydrogen) atoms. The Bertz CT molecular complexity index is 1270. The standard InChI is InChI=1S/C26H26FNO2S.C4H10O/c1-14-9-11-18(12-10-14)23-16(3)24-25-19(7-6-8-21(25)27)17(4)28(31-5)26(24)15(2)20(23)13-22(29)30;1-4(2,3)5/h6-12,17H,13H2,1-5H3,(H,29,30);5H,1-3H3/t17-;/m1./s1. The van der Waals surface area contributed by atoms with Gasteiger partial charge in [-0.3, -0.25) is 4.79 Å². The smallest absolute Gasteiger partial charge is 0.307 e. The van der Waals surface area contributed by atoms with E-state index in [-0.39, 0.29) is 18.3 Å². The Morgan fingerprint density at radius 3 is 2.11 bits per heavy atom. The van der Waals surface area contributed by atoms with Gasteiger partial charge >= 0.3 is 5.97 Å². The summed E-state index contributed by atoms with van der Waals surface area (Å²) in [7, 11) is 0. The van der Waals surface area contributed by atoms with Gasteiger partial charge in [0.25, 0.3) is 0 Å². The molecular weight excluding hydrogens is 473 g/mol. The van der Waals surface area contributed by atoms with Crippen molar-refractivity contribution in [3.63, 3.8) is 0 Å². The van der Waals surface area contributed by atoms with Crippen LogP contribution in [0, 0.1) is 26.6 Å². The molecule has 0 aromatic heterocycles. The number of halogens is 1. The van der Waals surface area contributed by atoms with E-state index in [9.17, 15) is 9.90 Å². The molecule has 4 rings (SSSR count). The Hall–Kier alpha value is -2.83. The number of fused-ring (bicyclic) bond motifs is 3. The zero-order chi connectivity index (χ0) is 26.9. The second-order valence-corrected chi connectivity index (χ2v) is 11.1. The van der Waals surface area contributed by atoms with Gasteiger partial charge in [-0.15, -0.1) is 0 Å². The van der Waals surface area contributed by atoms with Crippen molar-refractivity contribution >= 4 is 23.6 Å². The third-order valence-corrected chi connectivity index (χ3v) is 7.17. The third kappa shape index (κ3) is 5.60. The highest BCUT2D eigenvalue weighted by Gasteiger charge is 2.35. The van der Waals surface area contributed by atoms with Crippen molar-refractivity contribution in [2.45, 2.75) is 66.5 Å². The Labute approximate surface area is 218 Å². The monoisotopic (exact) mass is 509 g/mol. The molecule has 0 unspecified atom stereocenters. The lowest BCUT2D eigenvalue weighted by molar-refractivity contribution is -0.136. The lowest BCUT2D eigenvalue weighted by Gasteiger charge is -2.40. The quantitative estimate of drug-likeness (QED) is 0.354. The van der Waals surface area contributed by atoms with Crippen LogP contribution in [0.25, 0.3) is 22.3 Å². The molecule has 3 aromatic rings. The maximum atomic E-state index is 15.2. The topological polar surface area (TPSA) is 60.8 Å². The Morgan fingerprint density at radius 1 is 1.00 bits per heavy atom. The van der Waals surface area contributed by atoms with E-state index in [0.717, 1.165) is 50.2 Å². The number of benzene rings is 3. The molecule has 6 heteroatoms. The van der Waals surface area contributed by atoms with Gasteiger partial charge in [0.15, 0.2) is 0 Å². The highest BCUT2D eigenvalue weighted by Crippen LogP contribution is 2.54. The summed E-state index contributed by atoms with van der Waals surface area (Å²) in [6, 6.07) is 13.3. The number of anilines is 1. The third-order valence-electron chi connectivity index (χ3n) is 6.28. The molecule has 3 aromatic carbocycles. The summed E-state index contributed by atoms with van der Waals surface area (Å²) < 4.78 is 17.4. The van der Waals surface area contributed by atoms with Crippen LogP contribution in [-0.4, -0.2) is 28.0 Å². The molecule has 0 bridgehead atoms. The first-order valence-electron chi connectivity index (χ1n) is 12.1. The molecule has 192 valence electrons. The van der Waals surface area contributed by atoms with Crippen molar-refractivity contribution in [2.75, 3.05) is 10.6 Å². The van der Waals surface area contributed by atoms with Crippen molar-refractivity contribution in [2.24, 2.45) is 0 Å². The van der Waals surface area contributed by atoms with E-state index in [1.54, 1.807) is 38.8 Å². The first-order chi connectivity index (χ1) is 16.8. The number of hydrogen-bond donors (Lipinski definition) is 2. The summed E-state index contributed by atoms with van der Waals surface area (Å²) in [5, 5.41) is 18.2. The number of nitrogens with zero attached hydrogens (tertiary/aromatic N) is 1. The Morgan fingerprint density at radius 2 is 1.58 bits per heavy atom. The van der Waals surface area contributed by atoms with Crippen molar-refractivity contribution in [1.29, 1.82) is 0 Å². The van der Waals surface area contributed by atoms with E-state index >= 15 is 4.39 Å². The minimum absolute atomic E-state index is 0.0331. The minimum atomic E-state index is -0.873. The number of carboxylic acid groups (broad SMARTS) is 1. The molecule has 1 heterocycles. The van der Waals surface area contributed by atoms with Gasteiger partial charge in [-0.25, -0.2) is 4.39 Å². The number of hydrogen-bond acceptors (Lipinski definition) is 4. The molecule has 0 saturated heterocycles. The SMILES string of the molecule is CC(C)(C)O.CSN1c2c(C)c(CC(=O)O)c(-c3ccc(C)cc3)c(C)c2-c2c(F)cccc2[C@H]1C. The van der Waals surface area contributed by atoms with Crippen LogP contribution in [0.1, 0.15) is 61.6 Å². The predicted molar refractivity (Wildman–Crippen MR) is 149 cm³/mol. The predicted octanol–water partition coefficient (Wildman–Crippen LogP) is 7.65. The fraction of sp³-hybridized carbons (Fsp3) is 0.367. The number of carboxylic acids is 1. The fourth-order valence-electron chi connectivity index (χ4n) is 4.83. The molecule has 1 aliphatic heterocycles. The lowest BCUT2D eigenvalue weighted by Crippen LogP contribution is -2.26.